The second kappa shape index (κ2) is 7.20. The number of imidazole rings is 1. The standard InChI is InChI=1S/C22H24N6/c1-26-16-23-14-22(26)17-10-12-27(13-11-17)15-18-6-2-4-8-20(18)28-21-9-5-3-7-19(21)24-25-28/h2-9,14,16-17H,10-13,15H2,1H3. The third kappa shape index (κ3) is 3.10. The highest BCUT2D eigenvalue weighted by molar-refractivity contribution is 5.76. The summed E-state index contributed by atoms with van der Waals surface area (Å²) in [5.74, 6) is 0.609. The summed E-state index contributed by atoms with van der Waals surface area (Å²) in [5, 5.41) is 8.73. The molecule has 6 heteroatoms. The lowest BCUT2D eigenvalue weighted by Gasteiger charge is -2.32. The predicted octanol–water partition coefficient (Wildman–Crippen LogP) is 3.53. The Bertz CT molecular complexity index is 1090. The van der Waals surface area contributed by atoms with Gasteiger partial charge < -0.3 is 4.57 Å². The Labute approximate surface area is 164 Å². The summed E-state index contributed by atoms with van der Waals surface area (Å²) in [6.07, 6.45) is 6.27. The molecule has 1 aliphatic heterocycles. The molecule has 0 aliphatic carbocycles. The first-order valence-corrected chi connectivity index (χ1v) is 9.87. The number of aryl methyl sites for hydroxylation is 1. The summed E-state index contributed by atoms with van der Waals surface area (Å²) >= 11 is 0. The Hall–Kier alpha value is -2.99. The number of para-hydroxylation sites is 2. The normalized spacial score (nSPS) is 16.0. The van der Waals surface area contributed by atoms with E-state index in [9.17, 15) is 0 Å². The highest BCUT2D eigenvalue weighted by atomic mass is 15.4. The first kappa shape index (κ1) is 17.1. The molecule has 0 atom stereocenters. The van der Waals surface area contributed by atoms with Crippen LogP contribution in [0, 0.1) is 0 Å². The maximum atomic E-state index is 4.41. The van der Waals surface area contributed by atoms with Crippen molar-refractivity contribution in [2.75, 3.05) is 13.1 Å². The Morgan fingerprint density at radius 3 is 2.61 bits per heavy atom. The molecule has 3 heterocycles. The minimum Gasteiger partial charge on any atom is -0.337 e. The van der Waals surface area contributed by atoms with Crippen LogP contribution in [0.3, 0.4) is 0 Å². The van der Waals surface area contributed by atoms with Gasteiger partial charge in [0.25, 0.3) is 0 Å². The lowest BCUT2D eigenvalue weighted by Crippen LogP contribution is -2.33. The molecule has 1 aliphatic rings. The van der Waals surface area contributed by atoms with Gasteiger partial charge in [-0.2, -0.15) is 0 Å². The zero-order chi connectivity index (χ0) is 18.9. The van der Waals surface area contributed by atoms with E-state index in [0.29, 0.717) is 5.92 Å². The van der Waals surface area contributed by atoms with E-state index in [2.05, 4.69) is 62.1 Å². The summed E-state index contributed by atoms with van der Waals surface area (Å²) < 4.78 is 4.12. The molecule has 0 bridgehead atoms. The van der Waals surface area contributed by atoms with E-state index in [0.717, 1.165) is 36.4 Å². The number of fused-ring (bicyclic) bond motifs is 1. The highest BCUT2D eigenvalue weighted by Crippen LogP contribution is 2.29. The van der Waals surface area contributed by atoms with Gasteiger partial charge >= 0.3 is 0 Å². The molecule has 28 heavy (non-hydrogen) atoms. The summed E-state index contributed by atoms with van der Waals surface area (Å²) in [6, 6.07) is 16.6. The van der Waals surface area contributed by atoms with E-state index in [4.69, 9.17) is 0 Å². The summed E-state index contributed by atoms with van der Waals surface area (Å²) in [4.78, 5) is 6.83. The summed E-state index contributed by atoms with van der Waals surface area (Å²) in [5.41, 5.74) is 5.73. The van der Waals surface area contributed by atoms with Crippen LogP contribution in [0.4, 0.5) is 0 Å². The van der Waals surface area contributed by atoms with Crippen molar-refractivity contribution in [3.8, 4) is 5.69 Å². The van der Waals surface area contributed by atoms with Gasteiger partial charge in [-0.25, -0.2) is 9.67 Å². The predicted molar refractivity (Wildman–Crippen MR) is 109 cm³/mol. The largest absolute Gasteiger partial charge is 0.337 e. The molecule has 0 spiro atoms. The lowest BCUT2D eigenvalue weighted by molar-refractivity contribution is 0.202. The van der Waals surface area contributed by atoms with Crippen molar-refractivity contribution in [1.82, 2.24) is 29.4 Å². The van der Waals surface area contributed by atoms with Crippen LogP contribution in [0.5, 0.6) is 0 Å². The Kier molecular flexibility index (Phi) is 4.41. The molecule has 2 aromatic heterocycles. The maximum absolute atomic E-state index is 4.41. The summed E-state index contributed by atoms with van der Waals surface area (Å²) in [6.45, 7) is 3.13. The molecular weight excluding hydrogens is 348 g/mol. The van der Waals surface area contributed by atoms with Crippen LogP contribution in [0.25, 0.3) is 16.7 Å². The van der Waals surface area contributed by atoms with Gasteiger partial charge in [0.15, 0.2) is 0 Å². The Morgan fingerprint density at radius 2 is 1.79 bits per heavy atom. The molecule has 0 unspecified atom stereocenters. The van der Waals surface area contributed by atoms with E-state index in [1.807, 2.05) is 35.4 Å². The average molecular weight is 372 g/mol. The van der Waals surface area contributed by atoms with Gasteiger partial charge in [-0.1, -0.05) is 35.5 Å². The van der Waals surface area contributed by atoms with E-state index in [-0.39, 0.29) is 0 Å². The van der Waals surface area contributed by atoms with Gasteiger partial charge in [0.1, 0.15) is 5.52 Å². The minimum absolute atomic E-state index is 0.609. The van der Waals surface area contributed by atoms with E-state index in [1.54, 1.807) is 0 Å². The molecule has 2 aromatic carbocycles. The van der Waals surface area contributed by atoms with E-state index >= 15 is 0 Å². The van der Waals surface area contributed by atoms with Crippen molar-refractivity contribution in [1.29, 1.82) is 0 Å². The Balaban J connectivity index is 1.35. The quantitative estimate of drug-likeness (QED) is 0.550. The van der Waals surface area contributed by atoms with Crippen molar-refractivity contribution < 1.29 is 0 Å². The average Bonchev–Trinajstić information content (AvgIpc) is 3.35. The number of nitrogens with zero attached hydrogens (tertiary/aromatic N) is 6. The van der Waals surface area contributed by atoms with Gasteiger partial charge in [-0.3, -0.25) is 4.90 Å². The minimum atomic E-state index is 0.609. The van der Waals surface area contributed by atoms with Gasteiger partial charge in [0.05, 0.1) is 17.5 Å². The molecular formula is C22H24N6. The molecule has 1 saturated heterocycles. The monoisotopic (exact) mass is 372 g/mol. The van der Waals surface area contributed by atoms with Crippen LogP contribution in [-0.2, 0) is 13.6 Å². The second-order valence-corrected chi connectivity index (χ2v) is 7.60. The van der Waals surface area contributed by atoms with Crippen molar-refractivity contribution in [3.63, 3.8) is 0 Å². The van der Waals surface area contributed by atoms with Gasteiger partial charge in [0.2, 0.25) is 0 Å². The van der Waals surface area contributed by atoms with E-state index in [1.165, 1.54) is 24.1 Å². The first-order chi connectivity index (χ1) is 13.8. The first-order valence-electron chi connectivity index (χ1n) is 9.87. The molecule has 5 rings (SSSR count). The molecule has 142 valence electrons. The van der Waals surface area contributed by atoms with Crippen LogP contribution < -0.4 is 0 Å². The van der Waals surface area contributed by atoms with Crippen LogP contribution in [0.15, 0.2) is 61.1 Å². The molecule has 4 aromatic rings. The molecule has 0 radical (unpaired) electrons. The van der Waals surface area contributed by atoms with Crippen molar-refractivity contribution in [2.24, 2.45) is 7.05 Å². The van der Waals surface area contributed by atoms with Crippen LogP contribution in [-0.4, -0.2) is 42.5 Å². The fourth-order valence-corrected chi connectivity index (χ4v) is 4.29. The number of hydrogen-bond acceptors (Lipinski definition) is 4. The van der Waals surface area contributed by atoms with Crippen LogP contribution in [0.2, 0.25) is 0 Å². The SMILES string of the molecule is Cn1cncc1C1CCN(Cc2ccccc2-n2nnc3ccccc32)CC1. The Morgan fingerprint density at radius 1 is 1.00 bits per heavy atom. The van der Waals surface area contributed by atoms with Gasteiger partial charge in [-0.15, -0.1) is 5.10 Å². The van der Waals surface area contributed by atoms with Crippen LogP contribution >= 0.6 is 0 Å². The zero-order valence-electron chi connectivity index (χ0n) is 16.1. The second-order valence-electron chi connectivity index (χ2n) is 7.60. The number of aromatic nitrogens is 5. The van der Waals surface area contributed by atoms with Crippen molar-refractivity contribution >= 4 is 11.0 Å². The number of likely N-dealkylation sites (tertiary alicyclic amines) is 1. The fourth-order valence-electron chi connectivity index (χ4n) is 4.29. The topological polar surface area (TPSA) is 51.8 Å². The zero-order valence-corrected chi connectivity index (χ0v) is 16.1. The van der Waals surface area contributed by atoms with Crippen LogP contribution in [0.1, 0.15) is 30.0 Å². The maximum Gasteiger partial charge on any atom is 0.113 e. The number of rotatable bonds is 4. The molecule has 0 saturated carbocycles. The van der Waals surface area contributed by atoms with Gasteiger partial charge in [0, 0.05) is 31.4 Å². The smallest absolute Gasteiger partial charge is 0.113 e. The highest BCUT2D eigenvalue weighted by Gasteiger charge is 2.23. The summed E-state index contributed by atoms with van der Waals surface area (Å²) in [7, 11) is 2.09. The molecule has 0 N–H and O–H groups in total. The lowest BCUT2D eigenvalue weighted by atomic mass is 9.93. The molecule has 6 nitrogen and oxygen atoms in total. The van der Waals surface area contributed by atoms with Gasteiger partial charge in [-0.05, 0) is 49.7 Å². The van der Waals surface area contributed by atoms with Crippen molar-refractivity contribution in [2.45, 2.75) is 25.3 Å². The number of piperidine rings is 1. The molecule has 0 amide bonds. The molecule has 1 fully saturated rings. The fraction of sp³-hybridized carbons (Fsp3) is 0.318. The third-order valence-corrected chi connectivity index (χ3v) is 5.83. The third-order valence-electron chi connectivity index (χ3n) is 5.83. The number of hydrogen-bond donors (Lipinski definition) is 0. The van der Waals surface area contributed by atoms with Crippen molar-refractivity contribution in [3.05, 3.63) is 72.3 Å². The van der Waals surface area contributed by atoms with E-state index < -0.39 is 0 Å². The number of benzene rings is 2.